The predicted molar refractivity (Wildman–Crippen MR) is 80.2 cm³/mol. The molecule has 0 spiro atoms. The van der Waals surface area contributed by atoms with Crippen LogP contribution < -0.4 is 9.88 Å². The molecule has 1 atom stereocenters. The highest BCUT2D eigenvalue weighted by Crippen LogP contribution is 2.29. The molecule has 1 unspecified atom stereocenters. The Bertz CT molecular complexity index is 810. The predicted octanol–water partition coefficient (Wildman–Crippen LogP) is 1.84. The van der Waals surface area contributed by atoms with Gasteiger partial charge in [0.1, 0.15) is 5.76 Å². The summed E-state index contributed by atoms with van der Waals surface area (Å²) >= 11 is 6.70. The van der Waals surface area contributed by atoms with Gasteiger partial charge in [0.15, 0.2) is 10.1 Å². The second-order valence-corrected chi connectivity index (χ2v) is 6.38. The van der Waals surface area contributed by atoms with Crippen molar-refractivity contribution in [2.45, 2.75) is 25.9 Å². The number of fused-ring (bicyclic) bond motifs is 2. The van der Waals surface area contributed by atoms with E-state index in [4.69, 9.17) is 22.1 Å². The van der Waals surface area contributed by atoms with Gasteiger partial charge in [-0.15, -0.1) is 11.3 Å². The smallest absolute Gasteiger partial charge is 0.344 e. The summed E-state index contributed by atoms with van der Waals surface area (Å²) in [7, 11) is 0. The van der Waals surface area contributed by atoms with Gasteiger partial charge >= 0.3 is 5.97 Å². The molecular weight excluding hydrogens is 294 g/mol. The lowest BCUT2D eigenvalue weighted by Crippen LogP contribution is -2.24. The second kappa shape index (κ2) is 5.03. The summed E-state index contributed by atoms with van der Waals surface area (Å²) in [5, 5.41) is 10.1. The van der Waals surface area contributed by atoms with Crippen molar-refractivity contribution in [1.82, 2.24) is 4.98 Å². The van der Waals surface area contributed by atoms with Gasteiger partial charge in [-0.2, -0.15) is 0 Å². The minimum atomic E-state index is -0.929. The molecule has 0 aliphatic heterocycles. The Morgan fingerprint density at radius 3 is 3.10 bits per heavy atom. The fraction of sp³-hybridized carbons (Fsp3) is 0.286. The molecule has 0 aromatic carbocycles. The van der Waals surface area contributed by atoms with E-state index in [2.05, 4.69) is 11.1 Å². The Morgan fingerprint density at radius 1 is 1.60 bits per heavy atom. The van der Waals surface area contributed by atoms with Crippen molar-refractivity contribution >= 4 is 41.2 Å². The van der Waals surface area contributed by atoms with Crippen LogP contribution in [0.4, 0.5) is 0 Å². The monoisotopic (exact) mass is 307 g/mol. The Labute approximate surface area is 124 Å². The van der Waals surface area contributed by atoms with Crippen LogP contribution in [0.25, 0.3) is 11.6 Å². The van der Waals surface area contributed by atoms with E-state index in [0.29, 0.717) is 18.6 Å². The van der Waals surface area contributed by atoms with Crippen molar-refractivity contribution < 1.29 is 14.6 Å². The number of carbonyl (C=O) groups is 1. The maximum absolute atomic E-state index is 11.0. The number of aromatic nitrogens is 1. The van der Waals surface area contributed by atoms with Gasteiger partial charge in [0.25, 0.3) is 0 Å². The summed E-state index contributed by atoms with van der Waals surface area (Å²) in [6, 6.07) is 0. The van der Waals surface area contributed by atoms with Crippen molar-refractivity contribution in [3.63, 3.8) is 0 Å². The Hall–Kier alpha value is -1.66. The van der Waals surface area contributed by atoms with Crippen molar-refractivity contribution in [3.8, 4) is 0 Å². The van der Waals surface area contributed by atoms with Gasteiger partial charge in [-0.05, 0) is 41.9 Å². The average molecular weight is 307 g/mol. The second-order valence-electron chi connectivity index (χ2n) is 4.66. The molecule has 0 saturated carbocycles. The molecule has 6 heteroatoms. The Balaban J connectivity index is 1.92. The minimum Gasteiger partial charge on any atom is -0.483 e. The van der Waals surface area contributed by atoms with E-state index < -0.39 is 12.1 Å². The summed E-state index contributed by atoms with van der Waals surface area (Å²) in [6.45, 7) is 1.80. The molecule has 2 aliphatic rings. The number of H-pyrrole nitrogens is 1. The highest BCUT2D eigenvalue weighted by Gasteiger charge is 2.22. The largest absolute Gasteiger partial charge is 0.483 e. The molecule has 1 aromatic rings. The highest BCUT2D eigenvalue weighted by molar-refractivity contribution is 7.73. The molecule has 4 nitrogen and oxygen atoms in total. The molecule has 0 fully saturated rings. The molecule has 3 rings (SSSR count). The zero-order valence-electron chi connectivity index (χ0n) is 10.8. The number of nitrogens with one attached hydrogen (secondary N) is 1. The third kappa shape index (κ3) is 2.25. The Morgan fingerprint density at radius 2 is 2.40 bits per heavy atom. The summed E-state index contributed by atoms with van der Waals surface area (Å²) in [5.74, 6) is -0.244. The fourth-order valence-electron chi connectivity index (χ4n) is 2.37. The van der Waals surface area contributed by atoms with E-state index in [1.54, 1.807) is 18.3 Å². The van der Waals surface area contributed by atoms with E-state index >= 15 is 0 Å². The summed E-state index contributed by atoms with van der Waals surface area (Å²) in [6.07, 6.45) is 6.17. The van der Waals surface area contributed by atoms with Crippen LogP contribution in [0.15, 0.2) is 23.5 Å². The van der Waals surface area contributed by atoms with Crippen LogP contribution in [0.3, 0.4) is 0 Å². The lowest BCUT2D eigenvalue weighted by molar-refractivity contribution is -0.148. The number of aromatic amines is 1. The Kier molecular flexibility index (Phi) is 3.35. The zero-order valence-corrected chi connectivity index (χ0v) is 12.4. The number of allylic oxidation sites excluding steroid dienone is 4. The van der Waals surface area contributed by atoms with Crippen LogP contribution in [0.1, 0.15) is 19.8 Å². The third-order valence-corrected chi connectivity index (χ3v) is 4.53. The number of ether oxygens (including phenoxy) is 1. The first-order valence-corrected chi connectivity index (χ1v) is 7.55. The van der Waals surface area contributed by atoms with Crippen molar-refractivity contribution in [1.29, 1.82) is 0 Å². The van der Waals surface area contributed by atoms with Gasteiger partial charge in [0.05, 0.1) is 9.88 Å². The number of carboxylic acid groups (broad SMARTS) is 1. The topological polar surface area (TPSA) is 62.3 Å². The van der Waals surface area contributed by atoms with Crippen molar-refractivity contribution in [2.24, 2.45) is 0 Å². The lowest BCUT2D eigenvalue weighted by Gasteiger charge is -2.19. The first kappa shape index (κ1) is 13.3. The average Bonchev–Trinajstić information content (AvgIpc) is 2.91. The zero-order chi connectivity index (χ0) is 14.3. The van der Waals surface area contributed by atoms with Gasteiger partial charge in [-0.25, -0.2) is 4.79 Å². The maximum Gasteiger partial charge on any atom is 0.344 e. The molecule has 1 heterocycles. The van der Waals surface area contributed by atoms with E-state index in [-0.39, 0.29) is 0 Å². The van der Waals surface area contributed by atoms with Crippen molar-refractivity contribution in [2.75, 3.05) is 0 Å². The quantitative estimate of drug-likeness (QED) is 0.833. The molecule has 20 heavy (non-hydrogen) atoms. The van der Waals surface area contributed by atoms with E-state index in [0.717, 1.165) is 25.0 Å². The van der Waals surface area contributed by atoms with Gasteiger partial charge in [-0.3, -0.25) is 0 Å². The molecule has 104 valence electrons. The van der Waals surface area contributed by atoms with Crippen LogP contribution in [0.2, 0.25) is 0 Å². The number of rotatable bonds is 4. The standard InChI is InChI=1S/C14H13NO3S2/c1-2-10(13(16)17)18-8-4-3-7-5-11-12(9(7)6-8)15-14(19)20-11/h3-5,10H,2,6H2,1H3,(H,15,19)(H,16,17). The van der Waals surface area contributed by atoms with E-state index in [1.165, 1.54) is 0 Å². The molecule has 1 aromatic heterocycles. The van der Waals surface area contributed by atoms with Gasteiger partial charge in [0.2, 0.25) is 0 Å². The minimum absolute atomic E-state index is 0.441. The molecule has 0 bridgehead atoms. The van der Waals surface area contributed by atoms with Gasteiger partial charge in [0, 0.05) is 6.42 Å². The SMILES string of the molecule is CCC(OC1=CC=C2C=c3sc(=S)[nH]c3=C2C1)C(=O)O. The number of aliphatic carboxylic acids is 1. The molecule has 0 saturated heterocycles. The number of thiazole rings is 1. The van der Waals surface area contributed by atoms with Crippen LogP contribution in [0, 0.1) is 3.95 Å². The van der Waals surface area contributed by atoms with Crippen LogP contribution >= 0.6 is 23.6 Å². The van der Waals surface area contributed by atoms with Crippen LogP contribution in [-0.4, -0.2) is 22.2 Å². The third-order valence-electron chi connectivity index (χ3n) is 3.35. The van der Waals surface area contributed by atoms with E-state index in [9.17, 15) is 4.79 Å². The van der Waals surface area contributed by atoms with Gasteiger partial charge < -0.3 is 14.8 Å². The normalized spacial score (nSPS) is 17.6. The first-order valence-electron chi connectivity index (χ1n) is 6.33. The van der Waals surface area contributed by atoms with Crippen LogP contribution in [0.5, 0.6) is 0 Å². The maximum atomic E-state index is 11.0. The van der Waals surface area contributed by atoms with E-state index in [1.807, 2.05) is 12.2 Å². The summed E-state index contributed by atoms with van der Waals surface area (Å²) < 4.78 is 7.47. The molecular formula is C14H13NO3S2. The number of carboxylic acids is 1. The number of hydrogen-bond acceptors (Lipinski definition) is 4. The fourth-order valence-corrected chi connectivity index (χ4v) is 3.55. The molecule has 2 aliphatic carbocycles. The van der Waals surface area contributed by atoms with Crippen molar-refractivity contribution in [3.05, 3.63) is 37.3 Å². The van der Waals surface area contributed by atoms with Gasteiger partial charge in [-0.1, -0.05) is 13.0 Å². The lowest BCUT2D eigenvalue weighted by atomic mass is 9.99. The molecule has 0 radical (unpaired) electrons. The number of hydrogen-bond donors (Lipinski definition) is 2. The summed E-state index contributed by atoms with van der Waals surface area (Å²) in [5.41, 5.74) is 2.28. The highest BCUT2D eigenvalue weighted by atomic mass is 32.1. The molecule has 0 amide bonds. The first-order chi connectivity index (χ1) is 9.58. The molecule has 2 N–H and O–H groups in total. The van der Waals surface area contributed by atoms with Crippen LogP contribution in [-0.2, 0) is 9.53 Å². The summed E-state index contributed by atoms with van der Waals surface area (Å²) in [4.78, 5) is 14.2.